The van der Waals surface area contributed by atoms with E-state index in [1.54, 1.807) is 30.3 Å². The van der Waals surface area contributed by atoms with Gasteiger partial charge in [0.25, 0.3) is 11.8 Å². The first-order valence-corrected chi connectivity index (χ1v) is 10.2. The molecule has 30 heavy (non-hydrogen) atoms. The van der Waals surface area contributed by atoms with Crippen LogP contribution in [-0.2, 0) is 15.0 Å². The Balaban J connectivity index is 1.72. The highest BCUT2D eigenvalue weighted by molar-refractivity contribution is 7.80. The van der Waals surface area contributed by atoms with Gasteiger partial charge < -0.3 is 4.90 Å². The number of benzene rings is 2. The lowest BCUT2D eigenvalue weighted by molar-refractivity contribution is -0.122. The predicted octanol–water partition coefficient (Wildman–Crippen LogP) is 4.33. The number of para-hydroxylation sites is 1. The van der Waals surface area contributed by atoms with Crippen LogP contribution in [0.25, 0.3) is 0 Å². The second-order valence-electron chi connectivity index (χ2n) is 7.71. The van der Waals surface area contributed by atoms with Crippen molar-refractivity contribution in [3.05, 3.63) is 82.5 Å². The van der Waals surface area contributed by atoms with E-state index in [1.165, 1.54) is 10.5 Å². The molecule has 1 saturated heterocycles. The Morgan fingerprint density at radius 2 is 1.70 bits per heavy atom. The molecule has 5 nitrogen and oxygen atoms in total. The quantitative estimate of drug-likeness (QED) is 0.431. The van der Waals surface area contributed by atoms with Crippen LogP contribution in [0.15, 0.2) is 72.0 Å². The summed E-state index contributed by atoms with van der Waals surface area (Å²) >= 11 is 11.2. The molecule has 0 bridgehead atoms. The Hall–Kier alpha value is -2.96. The summed E-state index contributed by atoms with van der Waals surface area (Å²) < 4.78 is 0. The topological polar surface area (TPSA) is 52.7 Å². The molecule has 0 spiro atoms. The first-order chi connectivity index (χ1) is 14.2. The zero-order chi connectivity index (χ0) is 21.6. The predicted molar refractivity (Wildman–Crippen MR) is 124 cm³/mol. The van der Waals surface area contributed by atoms with Crippen LogP contribution in [0.2, 0.25) is 5.02 Å². The van der Waals surface area contributed by atoms with Crippen LogP contribution in [0.5, 0.6) is 0 Å². The summed E-state index contributed by atoms with van der Waals surface area (Å²) in [5.74, 6) is -0.984. The minimum atomic E-state index is -0.511. The van der Waals surface area contributed by atoms with Gasteiger partial charge in [-0.25, -0.2) is 0 Å². The van der Waals surface area contributed by atoms with E-state index < -0.39 is 11.8 Å². The van der Waals surface area contributed by atoms with Gasteiger partial charge in [0, 0.05) is 28.9 Å². The molecular formula is C23H20ClN3O2S. The van der Waals surface area contributed by atoms with Crippen molar-refractivity contribution in [3.8, 4) is 0 Å². The number of hydrogen-bond acceptors (Lipinski definition) is 4. The number of hydrogen-bond donors (Lipinski definition) is 1. The molecule has 0 unspecified atom stereocenters. The molecule has 0 atom stereocenters. The van der Waals surface area contributed by atoms with Gasteiger partial charge >= 0.3 is 0 Å². The molecule has 0 radical (unpaired) electrons. The maximum absolute atomic E-state index is 13.1. The number of rotatable bonds is 2. The van der Waals surface area contributed by atoms with Crippen LogP contribution < -0.4 is 15.1 Å². The fraction of sp³-hybridized carbons (Fsp3) is 0.174. The zero-order valence-corrected chi connectivity index (χ0v) is 18.3. The van der Waals surface area contributed by atoms with Gasteiger partial charge in [-0.15, -0.1) is 0 Å². The van der Waals surface area contributed by atoms with Crippen molar-refractivity contribution < 1.29 is 9.59 Å². The lowest BCUT2D eigenvalue weighted by Crippen LogP contribution is -2.54. The number of thiocarbonyl (C=S) groups is 1. The third-order valence-electron chi connectivity index (χ3n) is 5.53. The molecule has 2 amide bonds. The van der Waals surface area contributed by atoms with E-state index in [2.05, 4.69) is 36.2 Å². The molecule has 2 heterocycles. The average molecular weight is 438 g/mol. The van der Waals surface area contributed by atoms with Crippen molar-refractivity contribution in [2.75, 3.05) is 16.8 Å². The van der Waals surface area contributed by atoms with E-state index in [0.29, 0.717) is 10.7 Å². The lowest BCUT2D eigenvalue weighted by atomic mass is 9.83. The highest BCUT2D eigenvalue weighted by Crippen LogP contribution is 2.46. The maximum atomic E-state index is 13.1. The smallest absolute Gasteiger partial charge is 0.270 e. The SMILES string of the molecule is CN1/C(=C/C=C2\C(=O)NC(=S)N(c3ccc(Cl)cc3)C2=O)C(C)(C)c2ccccc21. The summed E-state index contributed by atoms with van der Waals surface area (Å²) in [6.07, 6.45) is 3.41. The number of fused-ring (bicyclic) bond motifs is 1. The standard InChI is InChI=1S/C23H20ClN3O2S/c1-23(2)17-6-4-5-7-18(17)26(3)19(23)13-12-16-20(28)25-22(30)27(21(16)29)15-10-8-14(24)9-11-15/h4-13H,1-3H3,(H,25,28,30)/b16-12+,19-13+. The summed E-state index contributed by atoms with van der Waals surface area (Å²) in [6.45, 7) is 4.25. The van der Waals surface area contributed by atoms with Gasteiger partial charge in [0.1, 0.15) is 5.57 Å². The Labute approximate surface area is 185 Å². The maximum Gasteiger partial charge on any atom is 0.270 e. The van der Waals surface area contributed by atoms with Crippen molar-refractivity contribution in [2.45, 2.75) is 19.3 Å². The van der Waals surface area contributed by atoms with Crippen LogP contribution in [0, 0.1) is 0 Å². The largest absolute Gasteiger partial charge is 0.347 e. The number of carbonyl (C=O) groups is 2. The zero-order valence-electron chi connectivity index (χ0n) is 16.8. The number of nitrogens with one attached hydrogen (secondary N) is 1. The number of halogens is 1. The van der Waals surface area contributed by atoms with Gasteiger partial charge in [-0.2, -0.15) is 0 Å². The highest BCUT2D eigenvalue weighted by atomic mass is 35.5. The summed E-state index contributed by atoms with van der Waals surface area (Å²) in [5, 5.41) is 3.19. The fourth-order valence-electron chi connectivity index (χ4n) is 3.97. The van der Waals surface area contributed by atoms with Crippen molar-refractivity contribution in [3.63, 3.8) is 0 Å². The van der Waals surface area contributed by atoms with Gasteiger partial charge in [0.2, 0.25) is 0 Å². The second kappa shape index (κ2) is 7.38. The van der Waals surface area contributed by atoms with Crippen molar-refractivity contribution in [1.29, 1.82) is 0 Å². The molecule has 0 saturated carbocycles. The molecule has 7 heteroatoms. The minimum absolute atomic E-state index is 0.0196. The molecule has 2 aliphatic rings. The molecule has 2 aromatic carbocycles. The number of allylic oxidation sites excluding steroid dienone is 3. The minimum Gasteiger partial charge on any atom is -0.347 e. The number of nitrogens with zero attached hydrogens (tertiary/aromatic N) is 2. The molecular weight excluding hydrogens is 418 g/mol. The van der Waals surface area contributed by atoms with Gasteiger partial charge in [-0.05, 0) is 60.3 Å². The van der Waals surface area contributed by atoms with Crippen LogP contribution in [0.4, 0.5) is 11.4 Å². The molecule has 2 aromatic rings. The van der Waals surface area contributed by atoms with Gasteiger partial charge in [0.05, 0.1) is 5.69 Å². The monoisotopic (exact) mass is 437 g/mol. The molecule has 0 aliphatic carbocycles. The fourth-order valence-corrected chi connectivity index (χ4v) is 4.37. The van der Waals surface area contributed by atoms with Crippen LogP contribution in [0.1, 0.15) is 19.4 Å². The Bertz CT molecular complexity index is 1140. The van der Waals surface area contributed by atoms with Crippen molar-refractivity contribution >= 4 is 52.1 Å². The molecule has 2 aliphatic heterocycles. The number of anilines is 2. The van der Waals surface area contributed by atoms with E-state index in [0.717, 1.165) is 11.4 Å². The van der Waals surface area contributed by atoms with Crippen molar-refractivity contribution in [1.82, 2.24) is 5.32 Å². The number of amides is 2. The van der Waals surface area contributed by atoms with E-state index in [-0.39, 0.29) is 16.1 Å². The summed E-state index contributed by atoms with van der Waals surface area (Å²) in [5.41, 5.74) is 3.59. The normalized spacial score (nSPS) is 20.7. The van der Waals surface area contributed by atoms with Crippen LogP contribution in [-0.4, -0.2) is 24.0 Å². The summed E-state index contributed by atoms with van der Waals surface area (Å²) in [7, 11) is 1.98. The Morgan fingerprint density at radius 1 is 1.03 bits per heavy atom. The van der Waals surface area contributed by atoms with Crippen LogP contribution in [0.3, 0.4) is 0 Å². The first kappa shape index (κ1) is 20.3. The number of carbonyl (C=O) groups excluding carboxylic acids is 2. The second-order valence-corrected chi connectivity index (χ2v) is 8.53. The molecule has 4 rings (SSSR count). The number of likely N-dealkylation sites (N-methyl/N-ethyl adjacent to an activating group) is 1. The van der Waals surface area contributed by atoms with Gasteiger partial charge in [0.15, 0.2) is 5.11 Å². The van der Waals surface area contributed by atoms with E-state index in [4.69, 9.17) is 23.8 Å². The van der Waals surface area contributed by atoms with E-state index >= 15 is 0 Å². The molecule has 152 valence electrons. The van der Waals surface area contributed by atoms with Gasteiger partial charge in [-0.3, -0.25) is 19.8 Å². The molecule has 0 aromatic heterocycles. The Morgan fingerprint density at radius 3 is 2.37 bits per heavy atom. The van der Waals surface area contributed by atoms with Crippen LogP contribution >= 0.6 is 23.8 Å². The Kier molecular flexibility index (Phi) is 5.00. The lowest BCUT2D eigenvalue weighted by Gasteiger charge is -2.29. The molecule has 1 N–H and O–H groups in total. The average Bonchev–Trinajstić information content (AvgIpc) is 2.89. The van der Waals surface area contributed by atoms with Crippen molar-refractivity contribution in [2.24, 2.45) is 0 Å². The first-order valence-electron chi connectivity index (χ1n) is 9.43. The summed E-state index contributed by atoms with van der Waals surface area (Å²) in [6, 6.07) is 14.9. The van der Waals surface area contributed by atoms with E-state index in [1.807, 2.05) is 25.3 Å². The van der Waals surface area contributed by atoms with E-state index in [9.17, 15) is 9.59 Å². The summed E-state index contributed by atoms with van der Waals surface area (Å²) in [4.78, 5) is 29.0. The molecule has 1 fully saturated rings. The highest BCUT2D eigenvalue weighted by Gasteiger charge is 2.38. The third kappa shape index (κ3) is 3.22. The third-order valence-corrected chi connectivity index (χ3v) is 6.07. The van der Waals surface area contributed by atoms with Gasteiger partial charge in [-0.1, -0.05) is 43.6 Å².